The van der Waals surface area contributed by atoms with Gasteiger partial charge in [0.15, 0.2) is 0 Å². The van der Waals surface area contributed by atoms with Gasteiger partial charge in [0.25, 0.3) is 0 Å². The fourth-order valence-electron chi connectivity index (χ4n) is 1.52. The molecule has 4 nitrogen and oxygen atoms in total. The average molecular weight is 276 g/mol. The van der Waals surface area contributed by atoms with E-state index in [4.69, 9.17) is 5.73 Å². The number of nitrogens with two attached hydrogens (primary N) is 1. The Morgan fingerprint density at radius 2 is 2.18 bits per heavy atom. The third-order valence-electron chi connectivity index (χ3n) is 2.54. The van der Waals surface area contributed by atoms with Gasteiger partial charge < -0.3 is 5.73 Å². The summed E-state index contributed by atoms with van der Waals surface area (Å²) < 4.78 is 25.9. The number of thiophene rings is 1. The van der Waals surface area contributed by atoms with Crippen LogP contribution in [0.5, 0.6) is 0 Å². The van der Waals surface area contributed by atoms with Crippen molar-refractivity contribution in [1.29, 1.82) is 0 Å². The molecule has 0 aliphatic heterocycles. The maximum atomic E-state index is 11.7. The number of sulfonamides is 1. The molecule has 98 valence electrons. The van der Waals surface area contributed by atoms with Crippen LogP contribution in [-0.4, -0.2) is 20.7 Å². The minimum absolute atomic E-state index is 0.164. The van der Waals surface area contributed by atoms with Gasteiger partial charge in [-0.1, -0.05) is 6.92 Å². The maximum Gasteiger partial charge on any atom is 0.211 e. The first-order chi connectivity index (χ1) is 8.09. The van der Waals surface area contributed by atoms with Crippen LogP contribution in [0.2, 0.25) is 0 Å². The van der Waals surface area contributed by atoms with E-state index in [1.165, 1.54) is 5.56 Å². The second kappa shape index (κ2) is 7.10. The Labute approximate surface area is 107 Å². The zero-order valence-corrected chi connectivity index (χ0v) is 11.7. The molecule has 1 aromatic heterocycles. The second-order valence-electron chi connectivity index (χ2n) is 3.86. The second-order valence-corrected chi connectivity index (χ2v) is 6.79. The number of rotatable bonds is 8. The molecule has 17 heavy (non-hydrogen) atoms. The van der Waals surface area contributed by atoms with E-state index in [-0.39, 0.29) is 5.75 Å². The van der Waals surface area contributed by atoms with Gasteiger partial charge in [-0.05, 0) is 42.8 Å². The summed E-state index contributed by atoms with van der Waals surface area (Å²) in [6.45, 7) is 3.02. The van der Waals surface area contributed by atoms with Crippen molar-refractivity contribution in [2.45, 2.75) is 32.7 Å². The van der Waals surface area contributed by atoms with E-state index in [9.17, 15) is 8.42 Å². The fourth-order valence-corrected chi connectivity index (χ4v) is 3.62. The summed E-state index contributed by atoms with van der Waals surface area (Å²) in [6, 6.07) is 2.04. The van der Waals surface area contributed by atoms with Crippen molar-refractivity contribution < 1.29 is 8.42 Å². The van der Waals surface area contributed by atoms with E-state index in [1.807, 2.05) is 11.4 Å². The first-order valence-electron chi connectivity index (χ1n) is 5.81. The normalized spacial score (nSPS) is 11.9. The lowest BCUT2D eigenvalue weighted by Gasteiger charge is -2.06. The van der Waals surface area contributed by atoms with E-state index in [0.717, 1.165) is 17.7 Å². The van der Waals surface area contributed by atoms with Gasteiger partial charge >= 0.3 is 0 Å². The highest BCUT2D eigenvalue weighted by Gasteiger charge is 2.11. The number of unbranched alkanes of at least 4 members (excludes halogenated alkanes) is 1. The first kappa shape index (κ1) is 14.6. The molecule has 0 spiro atoms. The quantitative estimate of drug-likeness (QED) is 0.706. The Morgan fingerprint density at radius 1 is 1.41 bits per heavy atom. The lowest BCUT2D eigenvalue weighted by Crippen LogP contribution is -2.26. The molecule has 0 bridgehead atoms. The van der Waals surface area contributed by atoms with Crippen LogP contribution in [0.25, 0.3) is 0 Å². The van der Waals surface area contributed by atoms with Crippen LogP contribution in [0.3, 0.4) is 0 Å². The molecule has 3 N–H and O–H groups in total. The van der Waals surface area contributed by atoms with Crippen LogP contribution >= 0.6 is 11.3 Å². The van der Waals surface area contributed by atoms with Gasteiger partial charge in [-0.25, -0.2) is 13.1 Å². The molecule has 1 rings (SSSR count). The molecule has 0 aliphatic carbocycles. The van der Waals surface area contributed by atoms with Crippen molar-refractivity contribution in [2.24, 2.45) is 5.73 Å². The van der Waals surface area contributed by atoms with Crippen LogP contribution in [0.1, 0.15) is 30.2 Å². The van der Waals surface area contributed by atoms with E-state index in [2.05, 4.69) is 11.6 Å². The van der Waals surface area contributed by atoms with E-state index in [1.54, 1.807) is 11.3 Å². The number of aryl methyl sites for hydroxylation is 1. The largest absolute Gasteiger partial charge is 0.330 e. The highest BCUT2D eigenvalue weighted by atomic mass is 32.2. The Morgan fingerprint density at radius 3 is 2.82 bits per heavy atom. The van der Waals surface area contributed by atoms with E-state index in [0.29, 0.717) is 19.5 Å². The summed E-state index contributed by atoms with van der Waals surface area (Å²) in [5, 5.41) is 2.00. The van der Waals surface area contributed by atoms with Gasteiger partial charge in [0.1, 0.15) is 0 Å². The van der Waals surface area contributed by atoms with Crippen molar-refractivity contribution in [2.75, 3.05) is 12.3 Å². The van der Waals surface area contributed by atoms with Crippen molar-refractivity contribution in [3.05, 3.63) is 21.9 Å². The van der Waals surface area contributed by atoms with E-state index < -0.39 is 10.0 Å². The van der Waals surface area contributed by atoms with Crippen LogP contribution in [-0.2, 0) is 23.0 Å². The van der Waals surface area contributed by atoms with E-state index >= 15 is 0 Å². The highest BCUT2D eigenvalue weighted by Crippen LogP contribution is 2.17. The van der Waals surface area contributed by atoms with Crippen LogP contribution < -0.4 is 10.5 Å². The van der Waals surface area contributed by atoms with Gasteiger partial charge in [0, 0.05) is 11.4 Å². The zero-order chi connectivity index (χ0) is 12.7. The molecule has 0 unspecified atom stereocenters. The summed E-state index contributed by atoms with van der Waals surface area (Å²) in [5.41, 5.74) is 6.56. The van der Waals surface area contributed by atoms with Gasteiger partial charge in [-0.2, -0.15) is 0 Å². The van der Waals surface area contributed by atoms with Gasteiger partial charge in [0.2, 0.25) is 10.0 Å². The molecular weight excluding hydrogens is 256 g/mol. The Bertz CT molecular complexity index is 426. The molecule has 0 aliphatic rings. The first-order valence-corrected chi connectivity index (χ1v) is 8.35. The molecule has 0 radical (unpaired) electrons. The summed E-state index contributed by atoms with van der Waals surface area (Å²) in [5.74, 6) is 0.164. The molecular formula is C11H20N2O2S2. The molecule has 0 saturated heterocycles. The van der Waals surface area contributed by atoms with Crippen molar-refractivity contribution in [3.8, 4) is 0 Å². The topological polar surface area (TPSA) is 72.2 Å². The maximum absolute atomic E-state index is 11.7. The minimum Gasteiger partial charge on any atom is -0.330 e. The summed E-state index contributed by atoms with van der Waals surface area (Å²) in [7, 11) is -3.15. The molecule has 1 aromatic rings. The predicted octanol–water partition coefficient (Wildman–Crippen LogP) is 1.47. The fraction of sp³-hybridized carbons (Fsp3) is 0.636. The molecule has 0 aromatic carbocycles. The smallest absolute Gasteiger partial charge is 0.211 e. The average Bonchev–Trinajstić information content (AvgIpc) is 2.74. The SMILES string of the molecule is CCc1ccsc1CNS(=O)(=O)CCCCN. The molecule has 0 amide bonds. The lowest BCUT2D eigenvalue weighted by molar-refractivity contribution is 0.577. The number of nitrogens with one attached hydrogen (secondary N) is 1. The Kier molecular flexibility index (Phi) is 6.11. The van der Waals surface area contributed by atoms with Crippen LogP contribution in [0, 0.1) is 0 Å². The van der Waals surface area contributed by atoms with Gasteiger partial charge in [-0.3, -0.25) is 0 Å². The van der Waals surface area contributed by atoms with Crippen molar-refractivity contribution in [3.63, 3.8) is 0 Å². The Balaban J connectivity index is 2.44. The minimum atomic E-state index is -3.15. The van der Waals surface area contributed by atoms with Gasteiger partial charge in [0.05, 0.1) is 5.75 Å². The predicted molar refractivity (Wildman–Crippen MR) is 72.6 cm³/mol. The van der Waals surface area contributed by atoms with Gasteiger partial charge in [-0.15, -0.1) is 11.3 Å². The standard InChI is InChI=1S/C11H20N2O2S2/c1-2-10-5-7-16-11(10)9-13-17(14,15)8-4-3-6-12/h5,7,13H,2-4,6,8-9,12H2,1H3. The lowest BCUT2D eigenvalue weighted by atomic mass is 10.2. The number of hydrogen-bond donors (Lipinski definition) is 2. The molecule has 1 heterocycles. The third kappa shape index (κ3) is 5.16. The van der Waals surface area contributed by atoms with Crippen LogP contribution in [0.15, 0.2) is 11.4 Å². The Hall–Kier alpha value is -0.430. The third-order valence-corrected chi connectivity index (χ3v) is 4.91. The highest BCUT2D eigenvalue weighted by molar-refractivity contribution is 7.89. The summed E-state index contributed by atoms with van der Waals surface area (Å²) in [6.07, 6.45) is 2.31. The monoisotopic (exact) mass is 276 g/mol. The summed E-state index contributed by atoms with van der Waals surface area (Å²) in [4.78, 5) is 1.11. The number of hydrogen-bond acceptors (Lipinski definition) is 4. The van der Waals surface area contributed by atoms with Crippen molar-refractivity contribution in [1.82, 2.24) is 4.72 Å². The molecule has 0 atom stereocenters. The van der Waals surface area contributed by atoms with Crippen LogP contribution in [0.4, 0.5) is 0 Å². The molecule has 6 heteroatoms. The molecule has 0 fully saturated rings. The van der Waals surface area contributed by atoms with Crippen molar-refractivity contribution >= 4 is 21.4 Å². The zero-order valence-electron chi connectivity index (χ0n) is 10.1. The molecule has 0 saturated carbocycles. The summed E-state index contributed by atoms with van der Waals surface area (Å²) >= 11 is 1.60.